The summed E-state index contributed by atoms with van der Waals surface area (Å²) in [5.41, 5.74) is 0. The van der Waals surface area contributed by atoms with Gasteiger partial charge in [-0.05, 0) is 0 Å². The summed E-state index contributed by atoms with van der Waals surface area (Å²) in [6.07, 6.45) is -5.20. The Bertz CT molecular complexity index is 257. The van der Waals surface area contributed by atoms with Gasteiger partial charge in [-0.2, -0.15) is 24.9 Å². The molecule has 1 atom stereocenters. The third kappa shape index (κ3) is 8.39. The molecule has 0 aromatic carbocycles. The zero-order valence-electron chi connectivity index (χ0n) is 8.50. The summed E-state index contributed by atoms with van der Waals surface area (Å²) < 4.78 is 35.2. The Balaban J connectivity index is 3.86. The number of nitrogens with one attached hydrogen (secondary N) is 1. The highest BCUT2D eigenvalue weighted by atomic mass is 32.2. The van der Waals surface area contributed by atoms with E-state index in [2.05, 4.69) is 5.32 Å². The van der Waals surface area contributed by atoms with Crippen LogP contribution in [0, 0.1) is 0 Å². The maximum atomic E-state index is 11.7. The normalized spacial score (nSPS) is 13.2. The molecule has 0 saturated heterocycles. The van der Waals surface area contributed by atoms with Gasteiger partial charge in [0.2, 0.25) is 5.91 Å². The van der Waals surface area contributed by atoms with Crippen LogP contribution in [0.1, 0.15) is 13.3 Å². The van der Waals surface area contributed by atoms with Crippen molar-refractivity contribution < 1.29 is 27.9 Å². The molecule has 4 nitrogen and oxygen atoms in total. The molecule has 0 aliphatic rings. The molecule has 16 heavy (non-hydrogen) atoms. The average Bonchev–Trinajstić information content (AvgIpc) is 2.07. The number of carboxylic acid groups (broad SMARTS) is 1. The molecule has 0 spiro atoms. The largest absolute Gasteiger partial charge is 0.480 e. The van der Waals surface area contributed by atoms with Crippen molar-refractivity contribution in [1.82, 2.24) is 5.32 Å². The van der Waals surface area contributed by atoms with Gasteiger partial charge in [-0.25, -0.2) is 4.79 Å². The summed E-state index contributed by atoms with van der Waals surface area (Å²) in [5.74, 6) is -2.07. The summed E-state index contributed by atoms with van der Waals surface area (Å²) in [7, 11) is 0. The van der Waals surface area contributed by atoms with E-state index >= 15 is 0 Å². The predicted octanol–water partition coefficient (Wildman–Crippen LogP) is 1.26. The van der Waals surface area contributed by atoms with Crippen molar-refractivity contribution in [3.8, 4) is 0 Å². The first-order valence-electron chi connectivity index (χ1n) is 4.37. The van der Waals surface area contributed by atoms with Crippen LogP contribution in [0.15, 0.2) is 0 Å². The van der Waals surface area contributed by atoms with E-state index in [1.807, 2.05) is 0 Å². The summed E-state index contributed by atoms with van der Waals surface area (Å²) in [5, 5.41) is 10.8. The Kier molecular flexibility index (Phi) is 6.24. The topological polar surface area (TPSA) is 66.4 Å². The monoisotopic (exact) mass is 259 g/mol. The summed E-state index contributed by atoms with van der Waals surface area (Å²) in [6, 6.07) is -1.14. The van der Waals surface area contributed by atoms with Crippen molar-refractivity contribution in [2.24, 2.45) is 0 Å². The number of alkyl halides is 3. The molecule has 0 aliphatic heterocycles. The average molecular weight is 259 g/mol. The Hall–Kier alpha value is -0.920. The molecule has 0 saturated carbocycles. The molecule has 1 amide bonds. The Labute approximate surface area is 94.6 Å². The number of carbonyl (C=O) groups is 2. The van der Waals surface area contributed by atoms with Gasteiger partial charge < -0.3 is 10.4 Å². The third-order valence-electron chi connectivity index (χ3n) is 1.49. The van der Waals surface area contributed by atoms with E-state index in [1.54, 1.807) is 0 Å². The van der Waals surface area contributed by atoms with Crippen LogP contribution in [0.4, 0.5) is 13.2 Å². The van der Waals surface area contributed by atoms with Crippen molar-refractivity contribution in [2.45, 2.75) is 25.6 Å². The number of thioether (sulfide) groups is 1. The van der Waals surface area contributed by atoms with Gasteiger partial charge in [0.25, 0.3) is 0 Å². The summed E-state index contributed by atoms with van der Waals surface area (Å²) in [4.78, 5) is 21.2. The highest BCUT2D eigenvalue weighted by Gasteiger charge is 2.27. The fourth-order valence-corrected chi connectivity index (χ4v) is 1.81. The molecule has 0 radical (unpaired) electrons. The molecule has 2 N–H and O–H groups in total. The molecule has 1 unspecified atom stereocenters. The van der Waals surface area contributed by atoms with Gasteiger partial charge in [0.15, 0.2) is 0 Å². The van der Waals surface area contributed by atoms with Crippen molar-refractivity contribution in [2.75, 3.05) is 11.5 Å². The zero-order valence-corrected chi connectivity index (χ0v) is 9.32. The molecule has 0 rings (SSSR count). The van der Waals surface area contributed by atoms with E-state index in [4.69, 9.17) is 5.11 Å². The zero-order chi connectivity index (χ0) is 12.8. The van der Waals surface area contributed by atoms with Crippen LogP contribution in [0.5, 0.6) is 0 Å². The van der Waals surface area contributed by atoms with E-state index in [9.17, 15) is 22.8 Å². The lowest BCUT2D eigenvalue weighted by Gasteiger charge is -2.13. The minimum Gasteiger partial charge on any atom is -0.480 e. The maximum absolute atomic E-state index is 11.7. The minimum atomic E-state index is -4.24. The van der Waals surface area contributed by atoms with Crippen molar-refractivity contribution in [3.63, 3.8) is 0 Å². The predicted molar refractivity (Wildman–Crippen MR) is 53.2 cm³/mol. The second kappa shape index (κ2) is 6.62. The van der Waals surface area contributed by atoms with Crippen molar-refractivity contribution >= 4 is 23.6 Å². The molecule has 8 heteroatoms. The van der Waals surface area contributed by atoms with E-state index in [1.165, 1.54) is 0 Å². The number of rotatable bonds is 6. The standard InChI is InChI=1S/C8H12F3NO3S/c1-5(13)12-6(7(14)15)4-16-3-2-8(9,10)11/h6H,2-4H2,1H3,(H,12,13)(H,14,15). The van der Waals surface area contributed by atoms with Crippen molar-refractivity contribution in [1.29, 1.82) is 0 Å². The Morgan fingerprint density at radius 1 is 1.44 bits per heavy atom. The highest BCUT2D eigenvalue weighted by molar-refractivity contribution is 7.99. The first kappa shape index (κ1) is 15.1. The first-order chi connectivity index (χ1) is 7.22. The lowest BCUT2D eigenvalue weighted by atomic mass is 10.3. The molecule has 94 valence electrons. The van der Waals surface area contributed by atoms with Crippen LogP contribution in [0.25, 0.3) is 0 Å². The molecule has 0 fully saturated rings. The fourth-order valence-electron chi connectivity index (χ4n) is 0.809. The number of hydrogen-bond acceptors (Lipinski definition) is 3. The number of amides is 1. The van der Waals surface area contributed by atoms with Crippen LogP contribution >= 0.6 is 11.8 Å². The van der Waals surface area contributed by atoms with Crippen LogP contribution < -0.4 is 5.32 Å². The number of halogens is 3. The molecule has 0 bridgehead atoms. The number of aliphatic carboxylic acids is 1. The Morgan fingerprint density at radius 3 is 2.38 bits per heavy atom. The van der Waals surface area contributed by atoms with Gasteiger partial charge in [-0.1, -0.05) is 0 Å². The SMILES string of the molecule is CC(=O)NC(CSCCC(F)(F)F)C(=O)O. The van der Waals surface area contributed by atoms with Gasteiger partial charge in [-0.15, -0.1) is 0 Å². The van der Waals surface area contributed by atoms with E-state index in [-0.39, 0.29) is 11.5 Å². The summed E-state index contributed by atoms with van der Waals surface area (Å²) in [6.45, 7) is 1.15. The quantitative estimate of drug-likeness (QED) is 0.705. The van der Waals surface area contributed by atoms with Gasteiger partial charge in [0, 0.05) is 18.4 Å². The van der Waals surface area contributed by atoms with Gasteiger partial charge in [0.05, 0.1) is 6.42 Å². The molecule has 0 aromatic heterocycles. The second-order valence-electron chi connectivity index (χ2n) is 3.03. The van der Waals surface area contributed by atoms with E-state index in [0.29, 0.717) is 0 Å². The fraction of sp³-hybridized carbons (Fsp3) is 0.750. The number of hydrogen-bond donors (Lipinski definition) is 2. The smallest absolute Gasteiger partial charge is 0.389 e. The van der Waals surface area contributed by atoms with Crippen LogP contribution in [0.3, 0.4) is 0 Å². The third-order valence-corrected chi connectivity index (χ3v) is 2.55. The van der Waals surface area contributed by atoms with Crippen LogP contribution in [-0.2, 0) is 9.59 Å². The lowest BCUT2D eigenvalue weighted by molar-refractivity contribution is -0.140. The molecule has 0 heterocycles. The molecular weight excluding hydrogens is 247 g/mol. The summed E-state index contributed by atoms with van der Waals surface area (Å²) >= 11 is 0.843. The van der Waals surface area contributed by atoms with E-state index < -0.39 is 30.5 Å². The molecule has 0 aromatic rings. The second-order valence-corrected chi connectivity index (χ2v) is 4.18. The van der Waals surface area contributed by atoms with Crippen molar-refractivity contribution in [3.05, 3.63) is 0 Å². The molecule has 0 aliphatic carbocycles. The van der Waals surface area contributed by atoms with E-state index in [0.717, 1.165) is 18.7 Å². The number of carbonyl (C=O) groups excluding carboxylic acids is 1. The van der Waals surface area contributed by atoms with Crippen LogP contribution in [0.2, 0.25) is 0 Å². The first-order valence-corrected chi connectivity index (χ1v) is 5.52. The Morgan fingerprint density at radius 2 is 2.00 bits per heavy atom. The van der Waals surface area contributed by atoms with Gasteiger partial charge in [0.1, 0.15) is 6.04 Å². The van der Waals surface area contributed by atoms with Crippen LogP contribution in [-0.4, -0.2) is 40.7 Å². The lowest BCUT2D eigenvalue weighted by Crippen LogP contribution is -2.41. The highest BCUT2D eigenvalue weighted by Crippen LogP contribution is 2.22. The van der Waals surface area contributed by atoms with Gasteiger partial charge in [-0.3, -0.25) is 4.79 Å². The minimum absolute atomic E-state index is 0.0784. The number of carboxylic acids is 1. The van der Waals surface area contributed by atoms with Gasteiger partial charge >= 0.3 is 12.1 Å². The molecular formula is C8H12F3NO3S. The maximum Gasteiger partial charge on any atom is 0.389 e.